The molecule has 2 rings (SSSR count). The minimum absolute atomic E-state index is 0.273. The zero-order valence-electron chi connectivity index (χ0n) is 13.3. The van der Waals surface area contributed by atoms with Crippen LogP contribution < -0.4 is 5.46 Å². The lowest BCUT2D eigenvalue weighted by Crippen LogP contribution is -2.41. The molecule has 0 amide bonds. The minimum Gasteiger partial charge on any atom is -0.399 e. The molecular weight excluding hydrogens is 340 g/mol. The molecule has 1 aromatic rings. The first-order chi connectivity index (χ1) is 10.4. The summed E-state index contributed by atoms with van der Waals surface area (Å²) in [6.07, 6.45) is 0. The summed E-state index contributed by atoms with van der Waals surface area (Å²) in [5.74, 6) is -0.379. The third kappa shape index (κ3) is 4.19. The van der Waals surface area contributed by atoms with E-state index >= 15 is 0 Å². The standard InChI is InChI=1S/C13H17BClN3O4S/c1-12(2)13(3,4)22-14(21-12)10-5-9(8-23(15,19)20)6-11(7-10)17-18-16/h5-7H,8H2,1-4H3. The summed E-state index contributed by atoms with van der Waals surface area (Å²) < 4.78 is 34.5. The lowest BCUT2D eigenvalue weighted by Gasteiger charge is -2.32. The summed E-state index contributed by atoms with van der Waals surface area (Å²) >= 11 is 0. The van der Waals surface area contributed by atoms with Gasteiger partial charge < -0.3 is 9.31 Å². The van der Waals surface area contributed by atoms with Gasteiger partial charge in [-0.2, -0.15) is 0 Å². The van der Waals surface area contributed by atoms with Crippen LogP contribution in [0.15, 0.2) is 23.3 Å². The summed E-state index contributed by atoms with van der Waals surface area (Å²) in [7, 11) is 0.878. The van der Waals surface area contributed by atoms with Gasteiger partial charge in [-0.1, -0.05) is 17.2 Å². The Hall–Kier alpha value is -1.25. The van der Waals surface area contributed by atoms with Gasteiger partial charge in [0, 0.05) is 21.3 Å². The molecule has 7 nitrogen and oxygen atoms in total. The Morgan fingerprint density at radius 1 is 1.22 bits per heavy atom. The molecule has 0 N–H and O–H groups in total. The van der Waals surface area contributed by atoms with Crippen molar-refractivity contribution in [3.63, 3.8) is 0 Å². The van der Waals surface area contributed by atoms with Crippen molar-refractivity contribution in [3.05, 3.63) is 34.2 Å². The van der Waals surface area contributed by atoms with Gasteiger partial charge in [0.1, 0.15) is 0 Å². The molecular formula is C13H17BClN3O4S. The summed E-state index contributed by atoms with van der Waals surface area (Å²) in [4.78, 5) is 2.73. The molecule has 0 atom stereocenters. The van der Waals surface area contributed by atoms with Crippen molar-refractivity contribution in [1.29, 1.82) is 0 Å². The van der Waals surface area contributed by atoms with Crippen molar-refractivity contribution in [3.8, 4) is 0 Å². The molecule has 0 spiro atoms. The molecule has 0 radical (unpaired) electrons. The highest BCUT2D eigenvalue weighted by Gasteiger charge is 2.51. The molecule has 1 aliphatic rings. The molecule has 10 heteroatoms. The van der Waals surface area contributed by atoms with Crippen molar-refractivity contribution in [2.24, 2.45) is 5.11 Å². The Morgan fingerprint density at radius 3 is 2.26 bits per heavy atom. The van der Waals surface area contributed by atoms with Crippen molar-refractivity contribution in [1.82, 2.24) is 0 Å². The highest BCUT2D eigenvalue weighted by atomic mass is 35.7. The number of hydrogen-bond donors (Lipinski definition) is 0. The van der Waals surface area contributed by atoms with E-state index in [0.29, 0.717) is 11.0 Å². The van der Waals surface area contributed by atoms with E-state index in [1.807, 2.05) is 27.7 Å². The Kier molecular flexibility index (Phi) is 4.72. The number of nitrogens with zero attached hydrogens (tertiary/aromatic N) is 3. The maximum Gasteiger partial charge on any atom is 0.494 e. The second-order valence-corrected chi connectivity index (χ2v) is 9.17. The molecule has 0 aromatic heterocycles. The number of benzene rings is 1. The van der Waals surface area contributed by atoms with Gasteiger partial charge in [-0.3, -0.25) is 0 Å². The van der Waals surface area contributed by atoms with E-state index < -0.39 is 27.4 Å². The zero-order valence-corrected chi connectivity index (χ0v) is 14.8. The van der Waals surface area contributed by atoms with Crippen molar-refractivity contribution >= 4 is 38.0 Å². The van der Waals surface area contributed by atoms with Crippen LogP contribution in [0.4, 0.5) is 5.69 Å². The topological polar surface area (TPSA) is 101 Å². The van der Waals surface area contributed by atoms with E-state index in [9.17, 15) is 8.42 Å². The fraction of sp³-hybridized carbons (Fsp3) is 0.538. The number of rotatable bonds is 4. The fourth-order valence-electron chi connectivity index (χ4n) is 2.21. The minimum atomic E-state index is -3.74. The largest absolute Gasteiger partial charge is 0.494 e. The van der Waals surface area contributed by atoms with Crippen molar-refractivity contribution < 1.29 is 17.7 Å². The molecule has 23 heavy (non-hydrogen) atoms. The average molecular weight is 358 g/mol. The maximum atomic E-state index is 11.3. The molecule has 1 fully saturated rings. The van der Waals surface area contributed by atoms with E-state index in [0.717, 1.165) is 0 Å². The van der Waals surface area contributed by atoms with Gasteiger partial charge in [0.25, 0.3) is 0 Å². The van der Waals surface area contributed by atoms with Crippen LogP contribution in [0.25, 0.3) is 10.4 Å². The molecule has 0 bridgehead atoms. The molecule has 1 heterocycles. The predicted octanol–water partition coefficient (Wildman–Crippen LogP) is 3.00. The quantitative estimate of drug-likeness (QED) is 0.272. The Balaban J connectivity index is 2.44. The first kappa shape index (κ1) is 18.1. The summed E-state index contributed by atoms with van der Waals surface area (Å²) in [6, 6.07) is 4.69. The van der Waals surface area contributed by atoms with Crippen molar-refractivity contribution in [2.75, 3.05) is 0 Å². The molecule has 0 aliphatic carbocycles. The smallest absolute Gasteiger partial charge is 0.399 e. The van der Waals surface area contributed by atoms with Crippen LogP contribution in [0.3, 0.4) is 0 Å². The van der Waals surface area contributed by atoms with Crippen molar-refractivity contribution in [2.45, 2.75) is 44.6 Å². The van der Waals surface area contributed by atoms with Gasteiger partial charge in [0.2, 0.25) is 9.05 Å². The van der Waals surface area contributed by atoms with Crippen LogP contribution >= 0.6 is 10.7 Å². The van der Waals surface area contributed by atoms with Crippen LogP contribution in [-0.4, -0.2) is 26.7 Å². The van der Waals surface area contributed by atoms with Gasteiger partial charge in [-0.05, 0) is 50.3 Å². The summed E-state index contributed by atoms with van der Waals surface area (Å²) in [6.45, 7) is 7.64. The lowest BCUT2D eigenvalue weighted by molar-refractivity contribution is 0.00578. The van der Waals surface area contributed by atoms with Crippen LogP contribution in [0.1, 0.15) is 33.3 Å². The van der Waals surface area contributed by atoms with Crippen LogP contribution in [-0.2, 0) is 24.1 Å². The Labute approximate surface area is 140 Å². The molecule has 0 saturated carbocycles. The van der Waals surface area contributed by atoms with E-state index in [4.69, 9.17) is 25.5 Å². The van der Waals surface area contributed by atoms with Crippen LogP contribution in [0.5, 0.6) is 0 Å². The highest BCUT2D eigenvalue weighted by Crippen LogP contribution is 2.36. The second kappa shape index (κ2) is 6.00. The lowest BCUT2D eigenvalue weighted by atomic mass is 9.78. The van der Waals surface area contributed by atoms with Gasteiger partial charge in [-0.15, -0.1) is 0 Å². The number of hydrogen-bond acceptors (Lipinski definition) is 5. The normalized spacial score (nSPS) is 19.4. The van der Waals surface area contributed by atoms with Gasteiger partial charge in [0.15, 0.2) is 0 Å². The molecule has 124 valence electrons. The third-order valence-corrected chi connectivity index (χ3v) is 5.03. The van der Waals surface area contributed by atoms with E-state index in [2.05, 4.69) is 10.0 Å². The zero-order chi connectivity index (χ0) is 17.5. The van der Waals surface area contributed by atoms with E-state index in [-0.39, 0.29) is 11.4 Å². The Morgan fingerprint density at radius 2 is 1.78 bits per heavy atom. The molecule has 1 aromatic carbocycles. The molecule has 1 aliphatic heterocycles. The first-order valence-electron chi connectivity index (χ1n) is 6.90. The van der Waals surface area contributed by atoms with Crippen LogP contribution in [0, 0.1) is 0 Å². The molecule has 0 unspecified atom stereocenters. The van der Waals surface area contributed by atoms with Gasteiger partial charge in [-0.25, -0.2) is 8.42 Å². The Bertz CT molecular complexity index is 759. The van der Waals surface area contributed by atoms with E-state index in [1.54, 1.807) is 12.1 Å². The third-order valence-electron chi connectivity index (χ3n) is 4.02. The second-order valence-electron chi connectivity index (χ2n) is 6.39. The first-order valence-corrected chi connectivity index (χ1v) is 9.38. The monoisotopic (exact) mass is 357 g/mol. The maximum absolute atomic E-state index is 11.3. The number of azide groups is 1. The SMILES string of the molecule is CC1(C)OB(c2cc(CS(=O)(=O)Cl)cc(N=[N+]=[N-])c2)OC1(C)C. The predicted molar refractivity (Wildman–Crippen MR) is 89.4 cm³/mol. The van der Waals surface area contributed by atoms with E-state index in [1.165, 1.54) is 6.07 Å². The molecule has 1 saturated heterocycles. The van der Waals surface area contributed by atoms with Crippen LogP contribution in [0.2, 0.25) is 0 Å². The van der Waals surface area contributed by atoms with Gasteiger partial charge >= 0.3 is 7.12 Å². The highest BCUT2D eigenvalue weighted by molar-refractivity contribution is 8.13. The number of halogens is 1. The fourth-order valence-corrected chi connectivity index (χ4v) is 3.15. The average Bonchev–Trinajstić information content (AvgIpc) is 2.56. The summed E-state index contributed by atoms with van der Waals surface area (Å²) in [5, 5.41) is 3.53. The summed E-state index contributed by atoms with van der Waals surface area (Å²) in [5.41, 5.74) is 8.79. The van der Waals surface area contributed by atoms with Gasteiger partial charge in [0.05, 0.1) is 17.0 Å².